The molecule has 176 valence electrons. The Morgan fingerprint density at radius 1 is 0.971 bits per heavy atom. The summed E-state index contributed by atoms with van der Waals surface area (Å²) in [7, 11) is 0. The van der Waals surface area contributed by atoms with Gasteiger partial charge in [-0.25, -0.2) is 10.2 Å². The average molecular weight is 598 g/mol. The highest BCUT2D eigenvalue weighted by atomic mass is 79.9. The van der Waals surface area contributed by atoms with Gasteiger partial charge in [-0.2, -0.15) is 5.10 Å². The van der Waals surface area contributed by atoms with Crippen molar-refractivity contribution in [2.24, 2.45) is 5.10 Å². The van der Waals surface area contributed by atoms with E-state index in [0.717, 1.165) is 15.6 Å². The molecule has 4 aromatic rings. The van der Waals surface area contributed by atoms with Crippen LogP contribution in [0.25, 0.3) is 11.1 Å². The van der Waals surface area contributed by atoms with Crippen molar-refractivity contribution < 1.29 is 23.5 Å². The molecule has 4 rings (SSSR count). The highest BCUT2D eigenvalue weighted by molar-refractivity contribution is 9.11. The molecule has 0 saturated carbocycles. The first-order valence-corrected chi connectivity index (χ1v) is 11.9. The number of amides is 1. The number of carbonyl (C=O) groups is 2. The van der Waals surface area contributed by atoms with Gasteiger partial charge in [0.25, 0.3) is 5.91 Å². The van der Waals surface area contributed by atoms with Crippen molar-refractivity contribution in [1.29, 1.82) is 0 Å². The summed E-state index contributed by atoms with van der Waals surface area (Å²) in [5.41, 5.74) is 4.74. The largest absolute Gasteiger partial charge is 0.483 e. The van der Waals surface area contributed by atoms with E-state index in [4.69, 9.17) is 13.9 Å². The van der Waals surface area contributed by atoms with Crippen LogP contribution in [0.4, 0.5) is 0 Å². The highest BCUT2D eigenvalue weighted by Crippen LogP contribution is 2.33. The van der Waals surface area contributed by atoms with Crippen LogP contribution >= 0.6 is 31.9 Å². The SMILES string of the molecule is O=C(COc1ccccc1-c1ccccc1)N/N=C/c1cc(Br)cc(Br)c1OC(=O)c1ccco1. The van der Waals surface area contributed by atoms with Crippen LogP contribution in [-0.2, 0) is 4.79 Å². The fourth-order valence-corrected chi connectivity index (χ4v) is 4.46. The molecule has 9 heteroatoms. The minimum atomic E-state index is -0.665. The van der Waals surface area contributed by atoms with Gasteiger partial charge >= 0.3 is 5.97 Å². The van der Waals surface area contributed by atoms with E-state index < -0.39 is 11.9 Å². The van der Waals surface area contributed by atoms with Crippen LogP contribution in [0.1, 0.15) is 16.1 Å². The number of hydrogen-bond donors (Lipinski definition) is 1. The van der Waals surface area contributed by atoms with E-state index >= 15 is 0 Å². The van der Waals surface area contributed by atoms with Gasteiger partial charge in [0, 0.05) is 15.6 Å². The number of nitrogens with one attached hydrogen (secondary N) is 1. The monoisotopic (exact) mass is 596 g/mol. The summed E-state index contributed by atoms with van der Waals surface area (Å²) in [5, 5.41) is 3.99. The summed E-state index contributed by atoms with van der Waals surface area (Å²) < 4.78 is 17.5. The molecule has 0 spiro atoms. The second kappa shape index (κ2) is 11.6. The van der Waals surface area contributed by atoms with E-state index in [1.54, 1.807) is 24.3 Å². The Kier molecular flexibility index (Phi) is 8.12. The summed E-state index contributed by atoms with van der Waals surface area (Å²) >= 11 is 6.77. The van der Waals surface area contributed by atoms with Gasteiger partial charge in [-0.3, -0.25) is 4.79 Å². The predicted molar refractivity (Wildman–Crippen MR) is 139 cm³/mol. The Morgan fingerprint density at radius 3 is 2.51 bits per heavy atom. The second-order valence-corrected chi connectivity index (χ2v) is 8.89. The molecule has 0 bridgehead atoms. The predicted octanol–water partition coefficient (Wildman–Crippen LogP) is 6.22. The smallest absolute Gasteiger partial charge is 0.379 e. The third-order valence-electron chi connectivity index (χ3n) is 4.68. The lowest BCUT2D eigenvalue weighted by Gasteiger charge is -2.11. The van der Waals surface area contributed by atoms with Crippen LogP contribution in [-0.4, -0.2) is 24.7 Å². The van der Waals surface area contributed by atoms with Gasteiger partial charge < -0.3 is 13.9 Å². The molecule has 35 heavy (non-hydrogen) atoms. The van der Waals surface area contributed by atoms with E-state index in [0.29, 0.717) is 15.8 Å². The molecule has 0 atom stereocenters. The second-order valence-electron chi connectivity index (χ2n) is 7.12. The zero-order valence-corrected chi connectivity index (χ0v) is 21.3. The molecule has 1 aromatic heterocycles. The summed E-state index contributed by atoms with van der Waals surface area (Å²) in [6, 6.07) is 23.7. The number of benzene rings is 3. The first-order chi connectivity index (χ1) is 17.0. The lowest BCUT2D eigenvalue weighted by atomic mass is 10.1. The van der Waals surface area contributed by atoms with Crippen LogP contribution in [0.3, 0.4) is 0 Å². The van der Waals surface area contributed by atoms with Crippen molar-refractivity contribution in [1.82, 2.24) is 5.43 Å². The van der Waals surface area contributed by atoms with E-state index in [1.807, 2.05) is 48.5 Å². The van der Waals surface area contributed by atoms with Gasteiger partial charge in [-0.1, -0.05) is 64.5 Å². The first-order valence-electron chi connectivity index (χ1n) is 10.3. The average Bonchev–Trinajstić information content (AvgIpc) is 3.41. The van der Waals surface area contributed by atoms with E-state index in [1.165, 1.54) is 18.5 Å². The van der Waals surface area contributed by atoms with Crippen molar-refractivity contribution in [3.05, 3.63) is 105 Å². The molecular weight excluding hydrogens is 580 g/mol. The minimum Gasteiger partial charge on any atom is -0.483 e. The summed E-state index contributed by atoms with van der Waals surface area (Å²) in [6.45, 7) is -0.232. The van der Waals surface area contributed by atoms with Gasteiger partial charge in [-0.15, -0.1) is 0 Å². The lowest BCUT2D eigenvalue weighted by molar-refractivity contribution is -0.123. The topological polar surface area (TPSA) is 90.1 Å². The third-order valence-corrected chi connectivity index (χ3v) is 5.72. The molecule has 1 heterocycles. The fourth-order valence-electron chi connectivity index (χ4n) is 3.12. The Labute approximate surface area is 218 Å². The number of nitrogens with zero attached hydrogens (tertiary/aromatic N) is 1. The van der Waals surface area contributed by atoms with Crippen LogP contribution in [0, 0.1) is 0 Å². The fraction of sp³-hybridized carbons (Fsp3) is 0.0385. The number of rotatable bonds is 8. The number of hydrazone groups is 1. The van der Waals surface area contributed by atoms with Crippen LogP contribution in [0.2, 0.25) is 0 Å². The van der Waals surface area contributed by atoms with Crippen molar-refractivity contribution in [2.45, 2.75) is 0 Å². The van der Waals surface area contributed by atoms with Gasteiger partial charge in [0.2, 0.25) is 5.76 Å². The van der Waals surface area contributed by atoms with Crippen LogP contribution < -0.4 is 14.9 Å². The van der Waals surface area contributed by atoms with Crippen LogP contribution in [0.15, 0.2) is 104 Å². The molecule has 1 N–H and O–H groups in total. The molecule has 0 fully saturated rings. The van der Waals surface area contributed by atoms with E-state index in [2.05, 4.69) is 42.4 Å². The Bertz CT molecular complexity index is 1360. The zero-order valence-electron chi connectivity index (χ0n) is 18.1. The standard InChI is InChI=1S/C26H18Br2N2O5/c27-19-13-18(25(21(28)14-19)35-26(32)23-11-6-12-33-23)15-29-30-24(31)16-34-22-10-5-4-9-20(22)17-7-2-1-3-8-17/h1-15H,16H2,(H,30,31)/b29-15+. The summed E-state index contributed by atoms with van der Waals surface area (Å²) in [6.07, 6.45) is 2.75. The Balaban J connectivity index is 1.41. The van der Waals surface area contributed by atoms with Gasteiger partial charge in [-0.05, 0) is 51.8 Å². The number of carbonyl (C=O) groups excluding carboxylic acids is 2. The first kappa shape index (κ1) is 24.4. The highest BCUT2D eigenvalue weighted by Gasteiger charge is 2.17. The number of ether oxygens (including phenoxy) is 2. The minimum absolute atomic E-state index is 0.0592. The van der Waals surface area contributed by atoms with E-state index in [9.17, 15) is 9.59 Å². The summed E-state index contributed by atoms with van der Waals surface area (Å²) in [5.74, 6) is -0.250. The maximum atomic E-state index is 12.3. The molecule has 0 aliphatic carbocycles. The maximum absolute atomic E-state index is 12.3. The maximum Gasteiger partial charge on any atom is 0.379 e. The van der Waals surface area contributed by atoms with Gasteiger partial charge in [0.05, 0.1) is 17.0 Å². The molecule has 1 amide bonds. The molecule has 0 aliphatic heterocycles. The quantitative estimate of drug-likeness (QED) is 0.113. The van der Waals surface area contributed by atoms with Crippen molar-refractivity contribution in [3.63, 3.8) is 0 Å². The number of furan rings is 1. The molecule has 3 aromatic carbocycles. The number of esters is 1. The third kappa shape index (κ3) is 6.46. The van der Waals surface area contributed by atoms with Crippen molar-refractivity contribution in [3.8, 4) is 22.6 Å². The molecular formula is C26H18Br2N2O5. The number of halogens is 2. The summed E-state index contributed by atoms with van der Waals surface area (Å²) in [4.78, 5) is 24.7. The van der Waals surface area contributed by atoms with Gasteiger partial charge in [0.15, 0.2) is 12.4 Å². The molecule has 7 nitrogen and oxygen atoms in total. The number of para-hydroxylation sites is 1. The normalized spacial score (nSPS) is 10.8. The van der Waals surface area contributed by atoms with Crippen molar-refractivity contribution in [2.75, 3.05) is 6.61 Å². The molecule has 0 radical (unpaired) electrons. The van der Waals surface area contributed by atoms with Crippen LogP contribution in [0.5, 0.6) is 11.5 Å². The Hall–Kier alpha value is -3.69. The number of hydrogen-bond acceptors (Lipinski definition) is 6. The molecule has 0 aliphatic rings. The lowest BCUT2D eigenvalue weighted by Crippen LogP contribution is -2.24. The zero-order chi connectivity index (χ0) is 24.6. The molecule has 0 saturated heterocycles. The molecule has 0 unspecified atom stereocenters. The van der Waals surface area contributed by atoms with E-state index in [-0.39, 0.29) is 18.1 Å². The van der Waals surface area contributed by atoms with Crippen molar-refractivity contribution >= 4 is 50.0 Å². The Morgan fingerprint density at radius 2 is 1.74 bits per heavy atom. The van der Waals surface area contributed by atoms with Gasteiger partial charge in [0.1, 0.15) is 5.75 Å².